The Hall–Kier alpha value is -1.72. The number of aliphatic hydroxyl groups is 1. The summed E-state index contributed by atoms with van der Waals surface area (Å²) in [6, 6.07) is 7.95. The van der Waals surface area contributed by atoms with Gasteiger partial charge in [-0.3, -0.25) is 4.90 Å². The van der Waals surface area contributed by atoms with Crippen molar-refractivity contribution < 1.29 is 9.52 Å². The van der Waals surface area contributed by atoms with E-state index in [2.05, 4.69) is 15.1 Å². The normalized spacial score (nSPS) is 12.8. The predicted molar refractivity (Wildman–Crippen MR) is 76.1 cm³/mol. The highest BCUT2D eigenvalue weighted by molar-refractivity contribution is 5.23. The number of rotatable bonds is 6. The smallest absolute Gasteiger partial charge is 0.230 e. The molecule has 2 rings (SSSR count). The maximum atomic E-state index is 10.3. The maximum Gasteiger partial charge on any atom is 0.230 e. The molecular formula is C15H21N3O2. The molecule has 0 aliphatic carbocycles. The highest BCUT2D eigenvalue weighted by Crippen LogP contribution is 2.16. The van der Waals surface area contributed by atoms with Crippen LogP contribution in [0.3, 0.4) is 0 Å². The van der Waals surface area contributed by atoms with Gasteiger partial charge in [0.25, 0.3) is 0 Å². The predicted octanol–water partition coefficient (Wildman–Crippen LogP) is 2.24. The van der Waals surface area contributed by atoms with Gasteiger partial charge in [0.05, 0.1) is 12.6 Å². The Bertz CT molecular complexity index is 536. The van der Waals surface area contributed by atoms with E-state index in [1.807, 2.05) is 38.1 Å². The number of benzene rings is 1. The molecule has 108 valence electrons. The van der Waals surface area contributed by atoms with E-state index in [0.717, 1.165) is 12.1 Å². The van der Waals surface area contributed by atoms with Crippen molar-refractivity contribution in [3.05, 3.63) is 47.2 Å². The third-order valence-corrected chi connectivity index (χ3v) is 3.27. The molecule has 20 heavy (non-hydrogen) atoms. The summed E-state index contributed by atoms with van der Waals surface area (Å²) >= 11 is 0. The summed E-state index contributed by atoms with van der Waals surface area (Å²) in [5.41, 5.74) is 2.12. The molecule has 0 spiro atoms. The third kappa shape index (κ3) is 3.88. The summed E-state index contributed by atoms with van der Waals surface area (Å²) in [5, 5.41) is 18.1. The number of aliphatic hydroxyl groups excluding tert-OH is 1. The van der Waals surface area contributed by atoms with Gasteiger partial charge in [0.1, 0.15) is 0 Å². The van der Waals surface area contributed by atoms with Gasteiger partial charge >= 0.3 is 0 Å². The largest absolute Gasteiger partial charge is 0.424 e. The van der Waals surface area contributed by atoms with Crippen LogP contribution in [0.5, 0.6) is 0 Å². The van der Waals surface area contributed by atoms with Gasteiger partial charge < -0.3 is 9.52 Å². The molecule has 5 heteroatoms. The Kier molecular flexibility index (Phi) is 4.87. The van der Waals surface area contributed by atoms with Crippen molar-refractivity contribution in [2.24, 2.45) is 0 Å². The summed E-state index contributed by atoms with van der Waals surface area (Å²) in [5.74, 6) is 1.15. The van der Waals surface area contributed by atoms with E-state index >= 15 is 0 Å². The van der Waals surface area contributed by atoms with Gasteiger partial charge in [0, 0.05) is 13.5 Å². The molecule has 0 bridgehead atoms. The monoisotopic (exact) mass is 275 g/mol. The van der Waals surface area contributed by atoms with E-state index in [0.29, 0.717) is 24.9 Å². The van der Waals surface area contributed by atoms with E-state index in [4.69, 9.17) is 4.42 Å². The van der Waals surface area contributed by atoms with E-state index < -0.39 is 6.10 Å². The van der Waals surface area contributed by atoms with E-state index in [9.17, 15) is 5.11 Å². The lowest BCUT2D eigenvalue weighted by molar-refractivity contribution is 0.107. The molecule has 0 radical (unpaired) electrons. The number of aryl methyl sites for hydroxylation is 2. The highest BCUT2D eigenvalue weighted by atomic mass is 16.4. The van der Waals surface area contributed by atoms with Crippen molar-refractivity contribution in [2.75, 3.05) is 13.1 Å². The zero-order chi connectivity index (χ0) is 14.5. The summed E-state index contributed by atoms with van der Waals surface area (Å²) in [7, 11) is 0. The number of aromatic nitrogens is 2. The molecule has 0 aliphatic rings. The van der Waals surface area contributed by atoms with Crippen LogP contribution in [-0.4, -0.2) is 33.3 Å². The lowest BCUT2D eigenvalue weighted by Gasteiger charge is -2.22. The van der Waals surface area contributed by atoms with Crippen molar-refractivity contribution in [2.45, 2.75) is 33.4 Å². The van der Waals surface area contributed by atoms with Gasteiger partial charge in [-0.15, -0.1) is 10.2 Å². The summed E-state index contributed by atoms with van der Waals surface area (Å²) < 4.78 is 5.37. The molecule has 0 amide bonds. The van der Waals surface area contributed by atoms with Crippen molar-refractivity contribution >= 4 is 0 Å². The van der Waals surface area contributed by atoms with E-state index in [1.54, 1.807) is 6.92 Å². The van der Waals surface area contributed by atoms with Gasteiger partial charge in [0.15, 0.2) is 0 Å². The van der Waals surface area contributed by atoms with Gasteiger partial charge in [-0.2, -0.15) is 0 Å². The minimum absolute atomic E-state index is 0.514. The SMILES string of the molecule is CCN(Cc1nnc(C)o1)CC(O)c1ccc(C)cc1. The first-order valence-corrected chi connectivity index (χ1v) is 6.84. The number of hydrogen-bond donors (Lipinski definition) is 1. The molecule has 0 fully saturated rings. The Labute approximate surface area is 119 Å². The molecule has 1 aromatic heterocycles. The minimum atomic E-state index is -0.514. The molecule has 1 unspecified atom stereocenters. The molecule has 0 aliphatic heterocycles. The average Bonchev–Trinajstić information content (AvgIpc) is 2.84. The average molecular weight is 275 g/mol. The van der Waals surface area contributed by atoms with Gasteiger partial charge in [-0.25, -0.2) is 0 Å². The fourth-order valence-electron chi connectivity index (χ4n) is 2.04. The maximum absolute atomic E-state index is 10.3. The Balaban J connectivity index is 1.96. The molecule has 1 atom stereocenters. The summed E-state index contributed by atoms with van der Waals surface area (Å²) in [4.78, 5) is 2.08. The standard InChI is InChI=1S/C15H21N3O2/c1-4-18(10-15-17-16-12(3)20-15)9-14(19)13-7-5-11(2)6-8-13/h5-8,14,19H,4,9-10H2,1-3H3. The highest BCUT2D eigenvalue weighted by Gasteiger charge is 2.15. The Morgan fingerprint density at radius 3 is 2.45 bits per heavy atom. The van der Waals surface area contributed by atoms with Crippen molar-refractivity contribution in [3.8, 4) is 0 Å². The Morgan fingerprint density at radius 1 is 1.20 bits per heavy atom. The summed E-state index contributed by atoms with van der Waals surface area (Å²) in [6.45, 7) is 7.76. The van der Waals surface area contributed by atoms with Gasteiger partial charge in [-0.1, -0.05) is 36.8 Å². The quantitative estimate of drug-likeness (QED) is 0.876. The number of nitrogens with zero attached hydrogens (tertiary/aromatic N) is 3. The second-order valence-electron chi connectivity index (χ2n) is 4.97. The molecule has 0 saturated carbocycles. The lowest BCUT2D eigenvalue weighted by Crippen LogP contribution is -2.28. The van der Waals surface area contributed by atoms with Crippen LogP contribution in [0.1, 0.15) is 35.9 Å². The van der Waals surface area contributed by atoms with Gasteiger partial charge in [0.2, 0.25) is 11.8 Å². The number of hydrogen-bond acceptors (Lipinski definition) is 5. The van der Waals surface area contributed by atoms with E-state index in [-0.39, 0.29) is 0 Å². The van der Waals surface area contributed by atoms with Crippen LogP contribution in [-0.2, 0) is 6.54 Å². The van der Waals surface area contributed by atoms with Crippen LogP contribution in [0.15, 0.2) is 28.7 Å². The van der Waals surface area contributed by atoms with Crippen LogP contribution >= 0.6 is 0 Å². The van der Waals surface area contributed by atoms with Crippen molar-refractivity contribution in [3.63, 3.8) is 0 Å². The molecule has 5 nitrogen and oxygen atoms in total. The number of likely N-dealkylation sites (N-methyl/N-ethyl adjacent to an activating group) is 1. The second-order valence-corrected chi connectivity index (χ2v) is 4.97. The minimum Gasteiger partial charge on any atom is -0.424 e. The van der Waals surface area contributed by atoms with Crippen LogP contribution in [0, 0.1) is 13.8 Å². The van der Waals surface area contributed by atoms with Gasteiger partial charge in [-0.05, 0) is 19.0 Å². The third-order valence-electron chi connectivity index (χ3n) is 3.27. The fourth-order valence-corrected chi connectivity index (χ4v) is 2.04. The Morgan fingerprint density at radius 2 is 1.90 bits per heavy atom. The zero-order valence-electron chi connectivity index (χ0n) is 12.2. The topological polar surface area (TPSA) is 62.4 Å². The molecular weight excluding hydrogens is 254 g/mol. The second kappa shape index (κ2) is 6.63. The van der Waals surface area contributed by atoms with Crippen LogP contribution in [0.25, 0.3) is 0 Å². The van der Waals surface area contributed by atoms with Crippen molar-refractivity contribution in [1.82, 2.24) is 15.1 Å². The lowest BCUT2D eigenvalue weighted by atomic mass is 10.1. The molecule has 0 saturated heterocycles. The van der Waals surface area contributed by atoms with E-state index in [1.165, 1.54) is 5.56 Å². The van der Waals surface area contributed by atoms with Crippen LogP contribution < -0.4 is 0 Å². The van der Waals surface area contributed by atoms with Crippen LogP contribution in [0.4, 0.5) is 0 Å². The molecule has 1 heterocycles. The summed E-state index contributed by atoms with van der Waals surface area (Å²) in [6.07, 6.45) is -0.514. The first kappa shape index (κ1) is 14.7. The zero-order valence-corrected chi connectivity index (χ0v) is 12.2. The van der Waals surface area contributed by atoms with Crippen LogP contribution in [0.2, 0.25) is 0 Å². The first-order chi connectivity index (χ1) is 9.58. The molecule has 1 N–H and O–H groups in total. The van der Waals surface area contributed by atoms with Crippen molar-refractivity contribution in [1.29, 1.82) is 0 Å². The molecule has 1 aromatic carbocycles. The first-order valence-electron chi connectivity index (χ1n) is 6.84. The fraction of sp³-hybridized carbons (Fsp3) is 0.467. The molecule has 2 aromatic rings.